The summed E-state index contributed by atoms with van der Waals surface area (Å²) in [7, 11) is 0. The zero-order chi connectivity index (χ0) is 13.0. The minimum absolute atomic E-state index is 0.115. The molecular formula is C13H17NO3S. The van der Waals surface area contributed by atoms with Crippen LogP contribution in [0.5, 0.6) is 0 Å². The summed E-state index contributed by atoms with van der Waals surface area (Å²) in [5, 5.41) is 13.9. The second-order valence-corrected chi connectivity index (χ2v) is 5.67. The predicted octanol–water partition coefficient (Wildman–Crippen LogP) is 2.26. The van der Waals surface area contributed by atoms with E-state index in [9.17, 15) is 9.59 Å². The van der Waals surface area contributed by atoms with Crippen molar-refractivity contribution >= 4 is 23.2 Å². The summed E-state index contributed by atoms with van der Waals surface area (Å²) in [6.07, 6.45) is 3.16. The summed E-state index contributed by atoms with van der Waals surface area (Å²) in [5.41, 5.74) is 0. The molecule has 2 unspecified atom stereocenters. The van der Waals surface area contributed by atoms with Crippen molar-refractivity contribution in [1.29, 1.82) is 0 Å². The number of nitrogens with one attached hydrogen (secondary N) is 1. The summed E-state index contributed by atoms with van der Waals surface area (Å²) in [4.78, 5) is 24.3. The van der Waals surface area contributed by atoms with Gasteiger partial charge in [-0.25, -0.2) is 0 Å². The van der Waals surface area contributed by atoms with Crippen LogP contribution in [-0.2, 0) is 16.1 Å². The first-order valence-electron chi connectivity index (χ1n) is 6.21. The maximum absolute atomic E-state index is 12.0. The largest absolute Gasteiger partial charge is 0.481 e. The molecule has 5 heteroatoms. The van der Waals surface area contributed by atoms with E-state index in [4.69, 9.17) is 5.11 Å². The number of carboxylic acids is 1. The average Bonchev–Trinajstić information content (AvgIpc) is 2.89. The molecule has 2 N–H and O–H groups in total. The Kier molecular flexibility index (Phi) is 4.36. The quantitative estimate of drug-likeness (QED) is 0.879. The Bertz CT molecular complexity index is 416. The highest BCUT2D eigenvalue weighted by molar-refractivity contribution is 7.09. The lowest BCUT2D eigenvalue weighted by molar-refractivity contribution is -0.148. The van der Waals surface area contributed by atoms with E-state index in [-0.39, 0.29) is 11.8 Å². The molecule has 0 aliphatic heterocycles. The molecule has 0 spiro atoms. The van der Waals surface area contributed by atoms with E-state index in [0.29, 0.717) is 19.4 Å². The Morgan fingerprint density at radius 3 is 2.67 bits per heavy atom. The SMILES string of the molecule is O=C(O)C1CCCCC1C(=O)NCc1cccs1. The average molecular weight is 267 g/mol. The smallest absolute Gasteiger partial charge is 0.307 e. The van der Waals surface area contributed by atoms with Crippen LogP contribution in [0.15, 0.2) is 17.5 Å². The Morgan fingerprint density at radius 1 is 1.33 bits per heavy atom. The maximum Gasteiger partial charge on any atom is 0.307 e. The molecule has 18 heavy (non-hydrogen) atoms. The van der Waals surface area contributed by atoms with Crippen LogP contribution in [0.3, 0.4) is 0 Å². The fourth-order valence-electron chi connectivity index (χ4n) is 2.46. The molecule has 2 rings (SSSR count). The number of rotatable bonds is 4. The monoisotopic (exact) mass is 267 g/mol. The van der Waals surface area contributed by atoms with E-state index in [1.54, 1.807) is 11.3 Å². The van der Waals surface area contributed by atoms with Gasteiger partial charge in [-0.15, -0.1) is 11.3 Å². The lowest BCUT2D eigenvalue weighted by atomic mass is 9.79. The number of aliphatic carboxylic acids is 1. The number of hydrogen-bond acceptors (Lipinski definition) is 3. The second-order valence-electron chi connectivity index (χ2n) is 4.63. The lowest BCUT2D eigenvalue weighted by Crippen LogP contribution is -2.39. The minimum atomic E-state index is -0.842. The van der Waals surface area contributed by atoms with Gasteiger partial charge in [0.1, 0.15) is 0 Å². The zero-order valence-corrected chi connectivity index (χ0v) is 10.9. The van der Waals surface area contributed by atoms with Crippen molar-refractivity contribution < 1.29 is 14.7 Å². The van der Waals surface area contributed by atoms with E-state index in [1.807, 2.05) is 17.5 Å². The summed E-state index contributed by atoms with van der Waals surface area (Å²) in [6, 6.07) is 3.90. The van der Waals surface area contributed by atoms with Crippen molar-refractivity contribution in [2.24, 2.45) is 11.8 Å². The van der Waals surface area contributed by atoms with Crippen molar-refractivity contribution in [3.05, 3.63) is 22.4 Å². The fourth-order valence-corrected chi connectivity index (χ4v) is 3.10. The Morgan fingerprint density at radius 2 is 2.06 bits per heavy atom. The molecular weight excluding hydrogens is 250 g/mol. The van der Waals surface area contributed by atoms with Gasteiger partial charge in [-0.1, -0.05) is 18.9 Å². The predicted molar refractivity (Wildman–Crippen MR) is 69.2 cm³/mol. The molecule has 98 valence electrons. The number of carboxylic acid groups (broad SMARTS) is 1. The Hall–Kier alpha value is -1.36. The molecule has 1 aliphatic rings. The van der Waals surface area contributed by atoms with Crippen molar-refractivity contribution in [3.63, 3.8) is 0 Å². The standard InChI is InChI=1S/C13H17NO3S/c15-12(14-8-9-4-3-7-18-9)10-5-1-2-6-11(10)13(16)17/h3-4,7,10-11H,1-2,5-6,8H2,(H,14,15)(H,16,17). The molecule has 1 aliphatic carbocycles. The van der Waals surface area contributed by atoms with Gasteiger partial charge in [0.2, 0.25) is 5.91 Å². The molecule has 2 atom stereocenters. The van der Waals surface area contributed by atoms with Crippen LogP contribution in [0, 0.1) is 11.8 Å². The van der Waals surface area contributed by atoms with Crippen LogP contribution >= 0.6 is 11.3 Å². The number of hydrogen-bond donors (Lipinski definition) is 2. The molecule has 4 nitrogen and oxygen atoms in total. The lowest BCUT2D eigenvalue weighted by Gasteiger charge is -2.27. The number of carbonyl (C=O) groups is 2. The van der Waals surface area contributed by atoms with E-state index in [0.717, 1.165) is 17.7 Å². The van der Waals surface area contributed by atoms with Crippen LogP contribution in [0.4, 0.5) is 0 Å². The minimum Gasteiger partial charge on any atom is -0.481 e. The van der Waals surface area contributed by atoms with Gasteiger partial charge in [0, 0.05) is 4.88 Å². The molecule has 1 fully saturated rings. The van der Waals surface area contributed by atoms with Crippen molar-refractivity contribution in [3.8, 4) is 0 Å². The van der Waals surface area contributed by atoms with Crippen LogP contribution in [0.25, 0.3) is 0 Å². The third-order valence-corrected chi connectivity index (χ3v) is 4.31. The third kappa shape index (κ3) is 3.10. The summed E-state index contributed by atoms with van der Waals surface area (Å²) < 4.78 is 0. The Labute approximate surface area is 110 Å². The second kappa shape index (κ2) is 6.00. The first-order valence-corrected chi connectivity index (χ1v) is 7.09. The third-order valence-electron chi connectivity index (χ3n) is 3.44. The Balaban J connectivity index is 1.92. The van der Waals surface area contributed by atoms with Gasteiger partial charge in [-0.05, 0) is 24.3 Å². The molecule has 1 saturated carbocycles. The van der Waals surface area contributed by atoms with Gasteiger partial charge in [-0.2, -0.15) is 0 Å². The highest BCUT2D eigenvalue weighted by Crippen LogP contribution is 2.30. The normalized spacial score (nSPS) is 23.6. The first kappa shape index (κ1) is 13.1. The van der Waals surface area contributed by atoms with Gasteiger partial charge >= 0.3 is 5.97 Å². The molecule has 1 heterocycles. The topological polar surface area (TPSA) is 66.4 Å². The van der Waals surface area contributed by atoms with E-state index >= 15 is 0 Å². The van der Waals surface area contributed by atoms with Gasteiger partial charge in [0.05, 0.1) is 18.4 Å². The maximum atomic E-state index is 12.0. The molecule has 0 saturated heterocycles. The first-order chi connectivity index (χ1) is 8.68. The van der Waals surface area contributed by atoms with Gasteiger partial charge in [0.25, 0.3) is 0 Å². The zero-order valence-electron chi connectivity index (χ0n) is 10.1. The van der Waals surface area contributed by atoms with Crippen molar-refractivity contribution in [1.82, 2.24) is 5.32 Å². The molecule has 1 aromatic heterocycles. The van der Waals surface area contributed by atoms with Gasteiger partial charge in [-0.3, -0.25) is 9.59 Å². The number of amides is 1. The van der Waals surface area contributed by atoms with E-state index in [2.05, 4.69) is 5.32 Å². The van der Waals surface area contributed by atoms with Crippen molar-refractivity contribution in [2.75, 3.05) is 0 Å². The molecule has 1 aromatic rings. The number of carbonyl (C=O) groups excluding carboxylic acids is 1. The van der Waals surface area contributed by atoms with Crippen molar-refractivity contribution in [2.45, 2.75) is 32.2 Å². The van der Waals surface area contributed by atoms with Crippen LogP contribution in [0.1, 0.15) is 30.6 Å². The summed E-state index contributed by atoms with van der Waals surface area (Å²) in [6.45, 7) is 0.499. The molecule has 1 amide bonds. The summed E-state index contributed by atoms with van der Waals surface area (Å²) >= 11 is 1.59. The summed E-state index contributed by atoms with van der Waals surface area (Å²) in [5.74, 6) is -1.83. The van der Waals surface area contributed by atoms with E-state index < -0.39 is 11.9 Å². The molecule has 0 aromatic carbocycles. The van der Waals surface area contributed by atoms with E-state index in [1.165, 1.54) is 0 Å². The van der Waals surface area contributed by atoms with Gasteiger partial charge in [0.15, 0.2) is 0 Å². The fraction of sp³-hybridized carbons (Fsp3) is 0.538. The van der Waals surface area contributed by atoms with Crippen LogP contribution in [0.2, 0.25) is 0 Å². The van der Waals surface area contributed by atoms with Crippen LogP contribution in [-0.4, -0.2) is 17.0 Å². The highest BCUT2D eigenvalue weighted by atomic mass is 32.1. The highest BCUT2D eigenvalue weighted by Gasteiger charge is 2.35. The number of thiophene rings is 1. The molecule has 0 bridgehead atoms. The molecule has 0 radical (unpaired) electrons. The van der Waals surface area contributed by atoms with Gasteiger partial charge < -0.3 is 10.4 Å². The van der Waals surface area contributed by atoms with Crippen LogP contribution < -0.4 is 5.32 Å².